The molecule has 5 heteroatoms. The first-order valence-electron chi connectivity index (χ1n) is 7.62. The summed E-state index contributed by atoms with van der Waals surface area (Å²) in [6.07, 6.45) is 4.21. The molecule has 2 amide bonds. The van der Waals surface area contributed by atoms with Crippen LogP contribution in [0.25, 0.3) is 0 Å². The molecule has 0 aromatic rings. The van der Waals surface area contributed by atoms with Crippen molar-refractivity contribution in [3.63, 3.8) is 0 Å². The molecule has 20 heavy (non-hydrogen) atoms. The summed E-state index contributed by atoms with van der Waals surface area (Å²) in [5, 5.41) is 2.72. The first-order chi connectivity index (χ1) is 9.33. The number of hydrogen-bond donors (Lipinski definition) is 1. The molecule has 1 fully saturated rings. The Kier molecular flexibility index (Phi) is 6.30. The van der Waals surface area contributed by atoms with Gasteiger partial charge in [0.05, 0.1) is 0 Å². The molecule has 0 unspecified atom stereocenters. The minimum atomic E-state index is -0.542. The van der Waals surface area contributed by atoms with Crippen LogP contribution in [-0.2, 0) is 9.53 Å². The Morgan fingerprint density at radius 2 is 2.10 bits per heavy atom. The highest BCUT2D eigenvalue weighted by Gasteiger charge is 2.29. The van der Waals surface area contributed by atoms with Gasteiger partial charge in [-0.3, -0.25) is 4.79 Å². The maximum Gasteiger partial charge on any atom is 0.408 e. The second kappa shape index (κ2) is 7.50. The predicted octanol–water partition coefficient (Wildman–Crippen LogP) is 2.69. The van der Waals surface area contributed by atoms with Crippen LogP contribution in [0.1, 0.15) is 59.8 Å². The number of carbonyl (C=O) groups excluding carboxylic acids is 2. The summed E-state index contributed by atoms with van der Waals surface area (Å²) in [6.45, 7) is 9.13. The number of carbonyl (C=O) groups is 2. The molecule has 0 bridgehead atoms. The summed E-state index contributed by atoms with van der Waals surface area (Å²) < 4.78 is 5.23. The molecule has 1 aliphatic heterocycles. The van der Waals surface area contributed by atoms with Gasteiger partial charge in [0.1, 0.15) is 11.6 Å². The second-order valence-corrected chi connectivity index (χ2v) is 6.37. The molecule has 1 atom stereocenters. The van der Waals surface area contributed by atoms with Crippen molar-refractivity contribution in [3.8, 4) is 0 Å². The van der Waals surface area contributed by atoms with Gasteiger partial charge in [-0.05, 0) is 46.5 Å². The van der Waals surface area contributed by atoms with Crippen LogP contribution in [-0.4, -0.2) is 41.6 Å². The zero-order valence-corrected chi connectivity index (χ0v) is 13.2. The largest absolute Gasteiger partial charge is 0.444 e. The first kappa shape index (κ1) is 16.8. The highest BCUT2D eigenvalue weighted by atomic mass is 16.6. The molecule has 1 aliphatic rings. The van der Waals surface area contributed by atoms with Gasteiger partial charge >= 0.3 is 6.09 Å². The van der Waals surface area contributed by atoms with Gasteiger partial charge in [0.2, 0.25) is 5.91 Å². The summed E-state index contributed by atoms with van der Waals surface area (Å²) in [4.78, 5) is 26.1. The zero-order valence-electron chi connectivity index (χ0n) is 13.2. The van der Waals surface area contributed by atoms with Crippen LogP contribution in [0, 0.1) is 0 Å². The molecule has 1 rings (SSSR count). The Bertz CT molecular complexity index is 337. The normalized spacial score (nSPS) is 20.5. The molecule has 0 spiro atoms. The van der Waals surface area contributed by atoms with E-state index < -0.39 is 17.7 Å². The Balaban J connectivity index is 2.58. The van der Waals surface area contributed by atoms with Crippen LogP contribution in [0.5, 0.6) is 0 Å². The molecular formula is C15H28N2O3. The molecule has 1 N–H and O–H groups in total. The predicted molar refractivity (Wildman–Crippen MR) is 78.5 cm³/mol. The Labute approximate surface area is 122 Å². The summed E-state index contributed by atoms with van der Waals surface area (Å²) in [5.41, 5.74) is -0.542. The van der Waals surface area contributed by atoms with Gasteiger partial charge < -0.3 is 15.0 Å². The topological polar surface area (TPSA) is 58.6 Å². The van der Waals surface area contributed by atoms with Crippen molar-refractivity contribution in [3.05, 3.63) is 0 Å². The molecule has 5 nitrogen and oxygen atoms in total. The maximum atomic E-state index is 12.4. The zero-order chi connectivity index (χ0) is 15.2. The number of unbranched alkanes of at least 4 members (excludes halogenated alkanes) is 1. The summed E-state index contributed by atoms with van der Waals surface area (Å²) in [5.74, 6) is 0.0295. The Hall–Kier alpha value is -1.26. The molecule has 0 radical (unpaired) electrons. The summed E-state index contributed by atoms with van der Waals surface area (Å²) in [7, 11) is 0. The molecule has 1 heterocycles. The van der Waals surface area contributed by atoms with Gasteiger partial charge in [0, 0.05) is 13.1 Å². The number of nitrogens with one attached hydrogen (secondary N) is 1. The van der Waals surface area contributed by atoms with Gasteiger partial charge in [-0.2, -0.15) is 0 Å². The molecule has 0 aromatic heterocycles. The molecular weight excluding hydrogens is 256 g/mol. The third-order valence-corrected chi connectivity index (χ3v) is 3.25. The van der Waals surface area contributed by atoms with Gasteiger partial charge in [-0.1, -0.05) is 13.3 Å². The highest BCUT2D eigenvalue weighted by Crippen LogP contribution is 2.14. The van der Waals surface area contributed by atoms with Crippen LogP contribution >= 0.6 is 0 Å². The maximum absolute atomic E-state index is 12.4. The number of likely N-dealkylation sites (tertiary alicyclic amines) is 1. The minimum absolute atomic E-state index is 0.0295. The fourth-order valence-electron chi connectivity index (χ4n) is 2.26. The van der Waals surface area contributed by atoms with E-state index in [2.05, 4.69) is 12.2 Å². The van der Waals surface area contributed by atoms with Crippen molar-refractivity contribution in [2.75, 3.05) is 13.1 Å². The van der Waals surface area contributed by atoms with Crippen LogP contribution in [0.15, 0.2) is 0 Å². The lowest BCUT2D eigenvalue weighted by Crippen LogP contribution is -2.48. The average molecular weight is 284 g/mol. The number of hydrogen-bond acceptors (Lipinski definition) is 3. The minimum Gasteiger partial charge on any atom is -0.444 e. The van der Waals surface area contributed by atoms with Crippen LogP contribution in [0.3, 0.4) is 0 Å². The van der Waals surface area contributed by atoms with Gasteiger partial charge in [-0.15, -0.1) is 0 Å². The SMILES string of the molecule is CCCCN1CCCC[C@H](NC(=O)OC(C)(C)C)C1=O. The van der Waals surface area contributed by atoms with Gasteiger partial charge in [0.15, 0.2) is 0 Å². The van der Waals surface area contributed by atoms with Crippen molar-refractivity contribution in [1.82, 2.24) is 10.2 Å². The van der Waals surface area contributed by atoms with Crippen LogP contribution < -0.4 is 5.32 Å². The van der Waals surface area contributed by atoms with E-state index in [1.807, 2.05) is 25.7 Å². The molecule has 0 aromatic carbocycles. The molecule has 0 saturated carbocycles. The van der Waals surface area contributed by atoms with E-state index in [1.165, 1.54) is 0 Å². The Morgan fingerprint density at radius 1 is 1.40 bits per heavy atom. The van der Waals surface area contributed by atoms with E-state index in [9.17, 15) is 9.59 Å². The van der Waals surface area contributed by atoms with Gasteiger partial charge in [0.25, 0.3) is 0 Å². The first-order valence-corrected chi connectivity index (χ1v) is 7.62. The quantitative estimate of drug-likeness (QED) is 0.863. The fraction of sp³-hybridized carbons (Fsp3) is 0.867. The van der Waals surface area contributed by atoms with Gasteiger partial charge in [-0.25, -0.2) is 4.79 Å². The molecule has 116 valence electrons. The number of amides is 2. The second-order valence-electron chi connectivity index (χ2n) is 6.37. The monoisotopic (exact) mass is 284 g/mol. The number of ether oxygens (including phenoxy) is 1. The average Bonchev–Trinajstić information content (AvgIpc) is 2.48. The Morgan fingerprint density at radius 3 is 2.70 bits per heavy atom. The van der Waals surface area contributed by atoms with E-state index in [1.54, 1.807) is 0 Å². The van der Waals surface area contributed by atoms with Crippen molar-refractivity contribution in [2.45, 2.75) is 71.4 Å². The number of rotatable bonds is 4. The lowest BCUT2D eigenvalue weighted by Gasteiger charge is -2.26. The van der Waals surface area contributed by atoms with E-state index in [0.717, 1.165) is 38.8 Å². The van der Waals surface area contributed by atoms with Crippen molar-refractivity contribution in [1.29, 1.82) is 0 Å². The van der Waals surface area contributed by atoms with E-state index in [-0.39, 0.29) is 5.91 Å². The van der Waals surface area contributed by atoms with Crippen LogP contribution in [0.4, 0.5) is 4.79 Å². The standard InChI is InChI=1S/C15H28N2O3/c1-5-6-10-17-11-8-7-9-12(13(17)18)16-14(19)20-15(2,3)4/h12H,5-11H2,1-4H3,(H,16,19)/t12-/m0/s1. The highest BCUT2D eigenvalue weighted by molar-refractivity contribution is 5.86. The lowest BCUT2D eigenvalue weighted by atomic mass is 10.1. The van der Waals surface area contributed by atoms with E-state index in [4.69, 9.17) is 4.74 Å². The van der Waals surface area contributed by atoms with Crippen molar-refractivity contribution < 1.29 is 14.3 Å². The summed E-state index contributed by atoms with van der Waals surface area (Å²) >= 11 is 0. The third kappa shape index (κ3) is 5.80. The van der Waals surface area contributed by atoms with Crippen LogP contribution in [0.2, 0.25) is 0 Å². The fourth-order valence-corrected chi connectivity index (χ4v) is 2.26. The van der Waals surface area contributed by atoms with E-state index in [0.29, 0.717) is 6.42 Å². The molecule has 1 saturated heterocycles. The van der Waals surface area contributed by atoms with Crippen molar-refractivity contribution in [2.24, 2.45) is 0 Å². The third-order valence-electron chi connectivity index (χ3n) is 3.25. The smallest absolute Gasteiger partial charge is 0.408 e. The lowest BCUT2D eigenvalue weighted by molar-refractivity contribution is -0.133. The summed E-state index contributed by atoms with van der Waals surface area (Å²) in [6, 6.07) is -0.441. The van der Waals surface area contributed by atoms with Crippen molar-refractivity contribution >= 4 is 12.0 Å². The molecule has 0 aliphatic carbocycles. The van der Waals surface area contributed by atoms with E-state index >= 15 is 0 Å². The number of alkyl carbamates (subject to hydrolysis) is 1. The number of nitrogens with zero attached hydrogens (tertiary/aromatic N) is 1.